The molecule has 0 aromatic heterocycles. The van der Waals surface area contributed by atoms with Crippen molar-refractivity contribution < 1.29 is 71.1 Å². The maximum atomic E-state index is 11.5. The zero-order valence-electron chi connectivity index (χ0n) is 30.0. The normalized spacial score (nSPS) is 11.8. The molecule has 1 N–H and O–H groups in total. The summed E-state index contributed by atoms with van der Waals surface area (Å²) in [5, 5.41) is 2.63. The van der Waals surface area contributed by atoms with E-state index in [1.54, 1.807) is 7.11 Å². The molecule has 0 spiro atoms. The molecular weight excluding hydrogens is 638 g/mol. The fraction of sp³-hybridized carbons (Fsp3) is 0.969. The van der Waals surface area contributed by atoms with E-state index in [1.807, 2.05) is 20.8 Å². The minimum Gasteiger partial charge on any atom is -0.444 e. The second-order valence-corrected chi connectivity index (χ2v) is 10.8. The molecule has 0 rings (SSSR count). The van der Waals surface area contributed by atoms with Crippen LogP contribution in [0.4, 0.5) is 4.79 Å². The van der Waals surface area contributed by atoms with Crippen molar-refractivity contribution in [2.75, 3.05) is 179 Å². The number of amides is 1. The minimum atomic E-state index is -0.512. The summed E-state index contributed by atoms with van der Waals surface area (Å²) in [6.07, 6.45) is -0.453. The van der Waals surface area contributed by atoms with Gasteiger partial charge in [0.25, 0.3) is 0 Å². The lowest BCUT2D eigenvalue weighted by Gasteiger charge is -2.19. The Morgan fingerprint density at radius 2 is 0.583 bits per heavy atom. The van der Waals surface area contributed by atoms with Crippen LogP contribution in [0.2, 0.25) is 0 Å². The van der Waals surface area contributed by atoms with E-state index in [1.165, 1.54) is 0 Å². The minimum absolute atomic E-state index is 0.382. The summed E-state index contributed by atoms with van der Waals surface area (Å²) in [6, 6.07) is 0. The van der Waals surface area contributed by atoms with Crippen LogP contribution in [0.5, 0.6) is 0 Å². The number of carbonyl (C=O) groups excluding carboxylic acids is 1. The van der Waals surface area contributed by atoms with Gasteiger partial charge in [0.2, 0.25) is 0 Å². The average Bonchev–Trinajstić information content (AvgIpc) is 3.05. The van der Waals surface area contributed by atoms with Crippen molar-refractivity contribution in [2.45, 2.75) is 26.4 Å². The summed E-state index contributed by atoms with van der Waals surface area (Å²) < 4.78 is 75.3. The Balaban J connectivity index is 3.09. The lowest BCUT2D eigenvalue weighted by molar-refractivity contribution is -0.0287. The van der Waals surface area contributed by atoms with Crippen molar-refractivity contribution in [1.82, 2.24) is 5.32 Å². The molecule has 16 heteroatoms. The highest BCUT2D eigenvalue weighted by Gasteiger charge is 2.15. The van der Waals surface area contributed by atoms with Gasteiger partial charge in [-0.3, -0.25) is 0 Å². The van der Waals surface area contributed by atoms with Gasteiger partial charge in [0.05, 0.1) is 165 Å². The standard InChI is InChI=1S/C32H65NO15/c1-32(2,3)48-31(34)33-5-6-36-9-10-38-13-14-40-17-18-42-21-22-44-25-26-46-29-30-47-28-27-45-24-23-43-20-19-41-16-15-39-12-11-37-8-7-35-4/h5-30H2,1-4H3,(H,33,34). The highest BCUT2D eigenvalue weighted by Crippen LogP contribution is 2.06. The quantitative estimate of drug-likeness (QED) is 0.0915. The van der Waals surface area contributed by atoms with Gasteiger partial charge in [0.15, 0.2) is 0 Å². The number of hydrogen-bond acceptors (Lipinski definition) is 15. The van der Waals surface area contributed by atoms with Crippen LogP contribution < -0.4 is 5.32 Å². The summed E-state index contributed by atoms with van der Waals surface area (Å²) in [4.78, 5) is 11.5. The molecule has 48 heavy (non-hydrogen) atoms. The van der Waals surface area contributed by atoms with Crippen LogP contribution in [0.3, 0.4) is 0 Å². The molecule has 0 saturated heterocycles. The van der Waals surface area contributed by atoms with Crippen LogP contribution in [-0.2, 0) is 66.3 Å². The predicted molar refractivity (Wildman–Crippen MR) is 176 cm³/mol. The average molecular weight is 704 g/mol. The number of methoxy groups -OCH3 is 1. The van der Waals surface area contributed by atoms with E-state index in [4.69, 9.17) is 66.3 Å². The van der Waals surface area contributed by atoms with Crippen LogP contribution in [0.1, 0.15) is 20.8 Å². The molecule has 1 amide bonds. The van der Waals surface area contributed by atoms with Crippen LogP contribution in [0.15, 0.2) is 0 Å². The van der Waals surface area contributed by atoms with Crippen molar-refractivity contribution in [1.29, 1.82) is 0 Å². The van der Waals surface area contributed by atoms with Gasteiger partial charge in [-0.2, -0.15) is 0 Å². The van der Waals surface area contributed by atoms with E-state index in [0.29, 0.717) is 172 Å². The van der Waals surface area contributed by atoms with E-state index < -0.39 is 11.7 Å². The highest BCUT2D eigenvalue weighted by atomic mass is 16.6. The van der Waals surface area contributed by atoms with E-state index in [2.05, 4.69) is 5.32 Å². The lowest BCUT2D eigenvalue weighted by atomic mass is 10.2. The van der Waals surface area contributed by atoms with Gasteiger partial charge in [-0.05, 0) is 20.8 Å². The molecule has 0 bridgehead atoms. The summed E-state index contributed by atoms with van der Waals surface area (Å²) in [5.41, 5.74) is -0.512. The Kier molecular flexibility index (Phi) is 37.5. The topological polar surface area (TPSA) is 158 Å². The van der Waals surface area contributed by atoms with Gasteiger partial charge in [-0.25, -0.2) is 4.79 Å². The van der Waals surface area contributed by atoms with Crippen LogP contribution in [-0.4, -0.2) is 191 Å². The van der Waals surface area contributed by atoms with Gasteiger partial charge < -0.3 is 71.6 Å². The van der Waals surface area contributed by atoms with Crippen molar-refractivity contribution in [2.24, 2.45) is 0 Å². The first kappa shape index (κ1) is 46.8. The molecule has 0 aromatic rings. The zero-order valence-corrected chi connectivity index (χ0v) is 30.0. The second kappa shape index (κ2) is 38.6. The second-order valence-electron chi connectivity index (χ2n) is 10.8. The smallest absolute Gasteiger partial charge is 0.407 e. The molecular formula is C32H65NO15. The maximum Gasteiger partial charge on any atom is 0.407 e. The Morgan fingerprint density at radius 1 is 0.375 bits per heavy atom. The molecule has 16 nitrogen and oxygen atoms in total. The zero-order chi connectivity index (χ0) is 35.1. The lowest BCUT2D eigenvalue weighted by Crippen LogP contribution is -2.34. The third-order valence-electron chi connectivity index (χ3n) is 5.44. The summed E-state index contributed by atoms with van der Waals surface area (Å²) >= 11 is 0. The predicted octanol–water partition coefficient (Wildman–Crippen LogP) is 1.36. The molecule has 0 aliphatic heterocycles. The first-order chi connectivity index (χ1) is 23.5. The molecule has 0 aliphatic carbocycles. The first-order valence-corrected chi connectivity index (χ1v) is 16.8. The van der Waals surface area contributed by atoms with E-state index in [9.17, 15) is 4.79 Å². The number of ether oxygens (including phenoxy) is 14. The maximum absolute atomic E-state index is 11.5. The Labute approximate surface area is 287 Å². The molecule has 0 radical (unpaired) electrons. The number of rotatable bonds is 39. The molecule has 0 unspecified atom stereocenters. The molecule has 0 fully saturated rings. The molecule has 0 atom stereocenters. The van der Waals surface area contributed by atoms with Crippen LogP contribution in [0, 0.1) is 0 Å². The third-order valence-corrected chi connectivity index (χ3v) is 5.44. The largest absolute Gasteiger partial charge is 0.444 e. The summed E-state index contributed by atoms with van der Waals surface area (Å²) in [6.45, 7) is 18.4. The monoisotopic (exact) mass is 703 g/mol. The van der Waals surface area contributed by atoms with E-state index in [0.717, 1.165) is 0 Å². The fourth-order valence-electron chi connectivity index (χ4n) is 3.20. The van der Waals surface area contributed by atoms with Crippen LogP contribution >= 0.6 is 0 Å². The van der Waals surface area contributed by atoms with Crippen molar-refractivity contribution >= 4 is 6.09 Å². The van der Waals surface area contributed by atoms with Gasteiger partial charge >= 0.3 is 6.09 Å². The number of carbonyl (C=O) groups is 1. The van der Waals surface area contributed by atoms with Gasteiger partial charge in [-0.15, -0.1) is 0 Å². The highest BCUT2D eigenvalue weighted by molar-refractivity contribution is 5.67. The van der Waals surface area contributed by atoms with Gasteiger partial charge in [0.1, 0.15) is 5.60 Å². The van der Waals surface area contributed by atoms with E-state index >= 15 is 0 Å². The Hall–Kier alpha value is -1.25. The van der Waals surface area contributed by atoms with Gasteiger partial charge in [0, 0.05) is 13.7 Å². The van der Waals surface area contributed by atoms with Crippen molar-refractivity contribution in [3.63, 3.8) is 0 Å². The van der Waals surface area contributed by atoms with Crippen molar-refractivity contribution in [3.05, 3.63) is 0 Å². The molecule has 288 valence electrons. The SMILES string of the molecule is COCCOCCOCCOCCOCCOCCOCCOCCOCCOCCOCCOCCOCCNC(=O)OC(C)(C)C. The fourth-order valence-corrected chi connectivity index (χ4v) is 3.20. The Morgan fingerprint density at radius 3 is 0.792 bits per heavy atom. The summed E-state index contributed by atoms with van der Waals surface area (Å²) in [7, 11) is 1.64. The van der Waals surface area contributed by atoms with Gasteiger partial charge in [-0.1, -0.05) is 0 Å². The molecule has 0 heterocycles. The number of nitrogens with one attached hydrogen (secondary N) is 1. The third kappa shape index (κ3) is 42.8. The number of hydrogen-bond donors (Lipinski definition) is 1. The first-order valence-electron chi connectivity index (χ1n) is 16.8. The summed E-state index contributed by atoms with van der Waals surface area (Å²) in [5.74, 6) is 0. The molecule has 0 aliphatic rings. The molecule has 0 saturated carbocycles. The van der Waals surface area contributed by atoms with E-state index in [-0.39, 0.29) is 0 Å². The molecule has 0 aromatic carbocycles. The van der Waals surface area contributed by atoms with Crippen LogP contribution in [0.25, 0.3) is 0 Å². The Bertz CT molecular complexity index is 643. The van der Waals surface area contributed by atoms with Crippen molar-refractivity contribution in [3.8, 4) is 0 Å². The number of alkyl carbamates (subject to hydrolysis) is 1.